The minimum atomic E-state index is 0.749. The first-order valence-corrected chi connectivity index (χ1v) is 8.94. The molecule has 1 heteroatoms. The highest BCUT2D eigenvalue weighted by Crippen LogP contribution is 2.37. The van der Waals surface area contributed by atoms with Crippen LogP contribution in [0, 0.1) is 32.6 Å². The van der Waals surface area contributed by atoms with E-state index in [0.29, 0.717) is 0 Å². The maximum atomic E-state index is 4.39. The summed E-state index contributed by atoms with van der Waals surface area (Å²) in [5.74, 6) is 1.53. The Morgan fingerprint density at radius 2 is 1.57 bits per heavy atom. The van der Waals surface area contributed by atoms with Crippen molar-refractivity contribution in [2.24, 2.45) is 11.8 Å². The van der Waals surface area contributed by atoms with Gasteiger partial charge in [0.05, 0.1) is 0 Å². The van der Waals surface area contributed by atoms with Crippen molar-refractivity contribution in [2.45, 2.75) is 59.8 Å². The summed E-state index contributed by atoms with van der Waals surface area (Å²) in [5.41, 5.74) is 7.97. The molecule has 0 saturated heterocycles. The van der Waals surface area contributed by atoms with E-state index in [0.717, 1.165) is 18.3 Å². The number of benzene rings is 1. The SMILES string of the molecule is C=C(C)C1CCC(CC(=C)N(C)c2c(C)cc(C)cc2C)CC1. The Hall–Kier alpha value is -1.50. The number of anilines is 1. The molecule has 2 rings (SSSR count). The zero-order chi connectivity index (χ0) is 17.1. The first-order valence-electron chi connectivity index (χ1n) is 8.94. The minimum absolute atomic E-state index is 0.749. The third-order valence-corrected chi connectivity index (χ3v) is 5.51. The molecule has 0 heterocycles. The van der Waals surface area contributed by atoms with E-state index < -0.39 is 0 Å². The zero-order valence-electron chi connectivity index (χ0n) is 15.7. The zero-order valence-corrected chi connectivity index (χ0v) is 15.7. The van der Waals surface area contributed by atoms with E-state index in [9.17, 15) is 0 Å². The summed E-state index contributed by atoms with van der Waals surface area (Å²) in [6.07, 6.45) is 6.36. The number of hydrogen-bond acceptors (Lipinski definition) is 1. The van der Waals surface area contributed by atoms with Gasteiger partial charge in [-0.15, -0.1) is 0 Å². The van der Waals surface area contributed by atoms with Crippen molar-refractivity contribution in [2.75, 3.05) is 11.9 Å². The monoisotopic (exact) mass is 311 g/mol. The maximum absolute atomic E-state index is 4.39. The molecule has 1 aliphatic rings. The lowest BCUT2D eigenvalue weighted by Crippen LogP contribution is -2.22. The molecule has 0 bridgehead atoms. The average Bonchev–Trinajstić information content (AvgIpc) is 2.46. The van der Waals surface area contributed by atoms with E-state index in [1.165, 1.54) is 59.3 Å². The number of nitrogens with zero attached hydrogens (tertiary/aromatic N) is 1. The Balaban J connectivity index is 2.00. The molecule has 1 aromatic carbocycles. The molecule has 0 amide bonds. The van der Waals surface area contributed by atoms with E-state index in [1.54, 1.807) is 0 Å². The molecule has 0 atom stereocenters. The second kappa shape index (κ2) is 7.38. The van der Waals surface area contributed by atoms with Crippen molar-refractivity contribution < 1.29 is 0 Å². The molecule has 1 aromatic rings. The third kappa shape index (κ3) is 4.28. The fourth-order valence-corrected chi connectivity index (χ4v) is 4.19. The molecule has 23 heavy (non-hydrogen) atoms. The van der Waals surface area contributed by atoms with Gasteiger partial charge < -0.3 is 4.90 Å². The van der Waals surface area contributed by atoms with Crippen LogP contribution in [0.4, 0.5) is 5.69 Å². The van der Waals surface area contributed by atoms with Crippen LogP contribution in [0.2, 0.25) is 0 Å². The first-order chi connectivity index (χ1) is 10.8. The highest BCUT2D eigenvalue weighted by molar-refractivity contribution is 5.62. The number of hydrogen-bond donors (Lipinski definition) is 0. The van der Waals surface area contributed by atoms with Gasteiger partial charge in [-0.3, -0.25) is 0 Å². The van der Waals surface area contributed by atoms with Crippen LogP contribution < -0.4 is 4.90 Å². The van der Waals surface area contributed by atoms with Gasteiger partial charge in [0.25, 0.3) is 0 Å². The lowest BCUT2D eigenvalue weighted by Gasteiger charge is -2.32. The van der Waals surface area contributed by atoms with Gasteiger partial charge in [-0.1, -0.05) is 36.4 Å². The van der Waals surface area contributed by atoms with Crippen molar-refractivity contribution in [3.8, 4) is 0 Å². The number of rotatable bonds is 5. The van der Waals surface area contributed by atoms with Crippen LogP contribution in [0.1, 0.15) is 55.7 Å². The van der Waals surface area contributed by atoms with Crippen LogP contribution >= 0.6 is 0 Å². The highest BCUT2D eigenvalue weighted by Gasteiger charge is 2.23. The van der Waals surface area contributed by atoms with E-state index in [-0.39, 0.29) is 0 Å². The summed E-state index contributed by atoms with van der Waals surface area (Å²) in [6.45, 7) is 17.3. The summed E-state index contributed by atoms with van der Waals surface area (Å²) in [6, 6.07) is 4.54. The highest BCUT2D eigenvalue weighted by atomic mass is 15.1. The van der Waals surface area contributed by atoms with Gasteiger partial charge >= 0.3 is 0 Å². The van der Waals surface area contributed by atoms with Gasteiger partial charge in [0.1, 0.15) is 0 Å². The molecule has 1 aliphatic carbocycles. The van der Waals surface area contributed by atoms with Gasteiger partial charge in [0.2, 0.25) is 0 Å². The van der Waals surface area contributed by atoms with Crippen molar-refractivity contribution in [1.82, 2.24) is 0 Å². The van der Waals surface area contributed by atoms with Crippen LogP contribution in [-0.2, 0) is 0 Å². The molecule has 0 spiro atoms. The molecule has 0 radical (unpaired) electrons. The van der Waals surface area contributed by atoms with Crippen LogP contribution in [0.25, 0.3) is 0 Å². The van der Waals surface area contributed by atoms with Crippen molar-refractivity contribution in [3.63, 3.8) is 0 Å². The van der Waals surface area contributed by atoms with Crippen LogP contribution in [0.3, 0.4) is 0 Å². The lowest BCUT2D eigenvalue weighted by atomic mass is 9.77. The quantitative estimate of drug-likeness (QED) is 0.574. The summed E-state index contributed by atoms with van der Waals surface area (Å²) in [5, 5.41) is 0. The summed E-state index contributed by atoms with van der Waals surface area (Å²) in [4.78, 5) is 2.31. The standard InChI is InChI=1S/C22H33N/c1-15(2)21-10-8-20(9-11-21)14-19(6)23(7)22-17(4)12-16(3)13-18(22)5/h12-13,20-21H,1,6,8-11,14H2,2-5,7H3. The molecular weight excluding hydrogens is 278 g/mol. The molecule has 1 fully saturated rings. The molecule has 0 aliphatic heterocycles. The predicted molar refractivity (Wildman–Crippen MR) is 103 cm³/mol. The lowest BCUT2D eigenvalue weighted by molar-refractivity contribution is 0.299. The fourth-order valence-electron chi connectivity index (χ4n) is 4.19. The number of aryl methyl sites for hydroxylation is 3. The van der Waals surface area contributed by atoms with Crippen LogP contribution in [0.15, 0.2) is 36.6 Å². The Kier molecular flexibility index (Phi) is 5.73. The van der Waals surface area contributed by atoms with Gasteiger partial charge in [-0.05, 0) is 82.8 Å². The molecule has 0 aromatic heterocycles. The van der Waals surface area contributed by atoms with Gasteiger partial charge in [-0.25, -0.2) is 0 Å². The predicted octanol–water partition coefficient (Wildman–Crippen LogP) is 6.33. The second-order valence-electron chi connectivity index (χ2n) is 7.64. The Labute approximate surface area is 143 Å². The average molecular weight is 312 g/mol. The second-order valence-corrected chi connectivity index (χ2v) is 7.64. The topological polar surface area (TPSA) is 3.24 Å². The van der Waals surface area contributed by atoms with Crippen LogP contribution in [0.5, 0.6) is 0 Å². The maximum Gasteiger partial charge on any atom is 0.0465 e. The summed E-state index contributed by atoms with van der Waals surface area (Å²) >= 11 is 0. The summed E-state index contributed by atoms with van der Waals surface area (Å²) in [7, 11) is 2.17. The van der Waals surface area contributed by atoms with Gasteiger partial charge in [0.15, 0.2) is 0 Å². The molecule has 0 unspecified atom stereocenters. The Bertz CT molecular complexity index is 565. The largest absolute Gasteiger partial charge is 0.348 e. The molecule has 1 nitrogen and oxygen atoms in total. The van der Waals surface area contributed by atoms with Gasteiger partial charge in [-0.2, -0.15) is 0 Å². The van der Waals surface area contributed by atoms with Crippen molar-refractivity contribution in [3.05, 3.63) is 53.3 Å². The number of allylic oxidation sites excluding steroid dienone is 2. The Morgan fingerprint density at radius 1 is 1.04 bits per heavy atom. The molecule has 126 valence electrons. The van der Waals surface area contributed by atoms with E-state index in [4.69, 9.17) is 0 Å². The fraction of sp³-hybridized carbons (Fsp3) is 0.545. The first kappa shape index (κ1) is 17.8. The van der Waals surface area contributed by atoms with Gasteiger partial charge in [0, 0.05) is 18.4 Å². The smallest absolute Gasteiger partial charge is 0.0465 e. The summed E-state index contributed by atoms with van der Waals surface area (Å²) < 4.78 is 0. The minimum Gasteiger partial charge on any atom is -0.348 e. The van der Waals surface area contributed by atoms with Crippen molar-refractivity contribution >= 4 is 5.69 Å². The van der Waals surface area contributed by atoms with Crippen molar-refractivity contribution in [1.29, 1.82) is 0 Å². The van der Waals surface area contributed by atoms with Crippen LogP contribution in [-0.4, -0.2) is 7.05 Å². The molecular formula is C22H33N. The third-order valence-electron chi connectivity index (χ3n) is 5.51. The Morgan fingerprint density at radius 3 is 2.04 bits per heavy atom. The molecule has 0 N–H and O–H groups in total. The van der Waals surface area contributed by atoms with E-state index in [1.807, 2.05) is 0 Å². The van der Waals surface area contributed by atoms with E-state index in [2.05, 4.69) is 64.9 Å². The molecule has 1 saturated carbocycles. The normalized spacial score (nSPS) is 21.1. The van der Waals surface area contributed by atoms with E-state index >= 15 is 0 Å².